The average molecular weight is 484 g/mol. The molecule has 0 radical (unpaired) electrons. The number of primary amides is 1. The minimum absolute atomic E-state index is 0.00688. The number of carbonyl (C=O) groups is 2. The van der Waals surface area contributed by atoms with Crippen LogP contribution in [0.5, 0.6) is 5.75 Å². The molecule has 1 saturated carbocycles. The van der Waals surface area contributed by atoms with Crippen LogP contribution in [-0.2, 0) is 16.0 Å². The van der Waals surface area contributed by atoms with Crippen LogP contribution in [-0.4, -0.2) is 71.8 Å². The van der Waals surface area contributed by atoms with Gasteiger partial charge in [0.2, 0.25) is 5.76 Å². The summed E-state index contributed by atoms with van der Waals surface area (Å²) >= 11 is 0. The van der Waals surface area contributed by atoms with Crippen LogP contribution in [0.15, 0.2) is 22.9 Å². The van der Waals surface area contributed by atoms with Gasteiger partial charge in [0.15, 0.2) is 5.60 Å². The average Bonchev–Trinajstić information content (AvgIpc) is 3.53. The van der Waals surface area contributed by atoms with Crippen LogP contribution >= 0.6 is 0 Å². The Morgan fingerprint density at radius 1 is 1.23 bits per heavy atom. The van der Waals surface area contributed by atoms with Gasteiger partial charge in [-0.2, -0.15) is 0 Å². The first kappa shape index (κ1) is 23.6. The molecule has 188 valence electrons. The quantitative estimate of drug-likeness (QED) is 0.590. The van der Waals surface area contributed by atoms with Gasteiger partial charge in [-0.15, -0.1) is 0 Å². The maximum absolute atomic E-state index is 12.5. The Labute approximate surface area is 204 Å². The lowest BCUT2D eigenvalue weighted by atomic mass is 9.77. The van der Waals surface area contributed by atoms with Crippen molar-refractivity contribution in [3.8, 4) is 5.75 Å². The molecule has 3 aliphatic rings. The zero-order valence-corrected chi connectivity index (χ0v) is 20.2. The number of aryl methyl sites for hydroxylation is 1. The summed E-state index contributed by atoms with van der Waals surface area (Å²) in [7, 11) is 0. The summed E-state index contributed by atoms with van der Waals surface area (Å²) in [6.45, 7) is 7.38. The van der Waals surface area contributed by atoms with E-state index in [1.54, 1.807) is 6.92 Å². The Morgan fingerprint density at radius 2 is 2.00 bits per heavy atom. The number of nitrogens with two attached hydrogens (primary N) is 1. The second kappa shape index (κ2) is 9.85. The molecule has 0 bridgehead atoms. The van der Waals surface area contributed by atoms with E-state index in [4.69, 9.17) is 19.7 Å². The van der Waals surface area contributed by atoms with Crippen molar-refractivity contribution in [2.45, 2.75) is 51.0 Å². The number of rotatable bonds is 7. The van der Waals surface area contributed by atoms with E-state index in [1.165, 1.54) is 11.6 Å². The lowest BCUT2D eigenvalue weighted by molar-refractivity contribution is -0.142. The Balaban J connectivity index is 1.09. The molecule has 2 aromatic heterocycles. The number of pyridine rings is 1. The minimum atomic E-state index is -1.27. The van der Waals surface area contributed by atoms with Crippen molar-refractivity contribution in [1.82, 2.24) is 15.0 Å². The van der Waals surface area contributed by atoms with Crippen molar-refractivity contribution in [1.29, 1.82) is 0 Å². The van der Waals surface area contributed by atoms with Crippen LogP contribution in [0.25, 0.3) is 0 Å². The number of carbonyl (C=O) groups excluding carboxylic acids is 2. The summed E-state index contributed by atoms with van der Waals surface area (Å²) in [6.07, 6.45) is 6.29. The van der Waals surface area contributed by atoms with Gasteiger partial charge in [0.1, 0.15) is 11.6 Å². The van der Waals surface area contributed by atoms with Crippen LogP contribution in [0.4, 0.5) is 5.82 Å². The SMILES string of the molecule is Cc1cc(C(=O)OC2(C(N)=O)CCC(CCN3CCN(c4nccc5c4CCO5)CC3)CC2)on1. The summed E-state index contributed by atoms with van der Waals surface area (Å²) in [5.41, 5.74) is 6.22. The van der Waals surface area contributed by atoms with Gasteiger partial charge < -0.3 is 24.6 Å². The van der Waals surface area contributed by atoms with E-state index in [9.17, 15) is 9.59 Å². The van der Waals surface area contributed by atoms with Crippen LogP contribution in [0.1, 0.15) is 53.9 Å². The minimum Gasteiger partial charge on any atom is -0.493 e. The molecule has 1 saturated heterocycles. The Bertz CT molecular complexity index is 1070. The fourth-order valence-corrected chi connectivity index (χ4v) is 5.44. The molecule has 2 aromatic rings. The van der Waals surface area contributed by atoms with Crippen molar-refractivity contribution in [2.75, 3.05) is 44.2 Å². The van der Waals surface area contributed by atoms with Crippen LogP contribution in [0, 0.1) is 12.8 Å². The van der Waals surface area contributed by atoms with Crippen LogP contribution in [0.2, 0.25) is 0 Å². The number of aromatic nitrogens is 2. The standard InChI is InChI=1S/C25H33N5O5/c1-17-16-21(35-28-17)23(31)34-25(24(26)32)7-2-18(3-8-25)5-10-29-11-13-30(14-12-29)22-19-6-15-33-20(19)4-9-27-22/h4,9,16,18H,2-3,5-8,10-15H2,1H3,(H2,26,32). The Hall–Kier alpha value is -3.14. The van der Waals surface area contributed by atoms with Crippen molar-refractivity contribution in [2.24, 2.45) is 11.7 Å². The third kappa shape index (κ3) is 4.98. The van der Waals surface area contributed by atoms with Gasteiger partial charge in [-0.05, 0) is 57.6 Å². The highest BCUT2D eigenvalue weighted by Gasteiger charge is 2.44. The molecule has 0 aromatic carbocycles. The molecule has 1 amide bonds. The molecule has 2 fully saturated rings. The van der Waals surface area contributed by atoms with E-state index >= 15 is 0 Å². The largest absolute Gasteiger partial charge is 0.493 e. The van der Waals surface area contributed by atoms with Gasteiger partial charge in [0.25, 0.3) is 5.91 Å². The predicted molar refractivity (Wildman–Crippen MR) is 127 cm³/mol. The van der Waals surface area contributed by atoms with Gasteiger partial charge in [-0.25, -0.2) is 9.78 Å². The van der Waals surface area contributed by atoms with E-state index in [-0.39, 0.29) is 5.76 Å². The first-order valence-electron chi connectivity index (χ1n) is 12.5. The number of anilines is 1. The molecule has 0 atom stereocenters. The van der Waals surface area contributed by atoms with E-state index < -0.39 is 17.5 Å². The normalized spacial score (nSPS) is 24.6. The summed E-state index contributed by atoms with van der Waals surface area (Å²) in [5.74, 6) is 1.23. The third-order valence-electron chi connectivity index (χ3n) is 7.60. The number of hydrogen-bond acceptors (Lipinski definition) is 9. The number of piperazine rings is 1. The maximum Gasteiger partial charge on any atom is 0.378 e. The zero-order valence-electron chi connectivity index (χ0n) is 20.2. The molecular formula is C25H33N5O5. The van der Waals surface area contributed by atoms with Crippen LogP contribution < -0.4 is 15.4 Å². The van der Waals surface area contributed by atoms with Gasteiger partial charge in [-0.3, -0.25) is 9.69 Å². The van der Waals surface area contributed by atoms with E-state index in [2.05, 4.69) is 19.9 Å². The first-order chi connectivity index (χ1) is 16.9. The molecule has 2 N–H and O–H groups in total. The van der Waals surface area contributed by atoms with E-state index in [0.717, 1.165) is 76.6 Å². The number of nitrogens with zero attached hydrogens (tertiary/aromatic N) is 4. The Morgan fingerprint density at radius 3 is 2.69 bits per heavy atom. The molecule has 10 nitrogen and oxygen atoms in total. The summed E-state index contributed by atoms with van der Waals surface area (Å²) in [5, 5.41) is 3.71. The van der Waals surface area contributed by atoms with Crippen molar-refractivity contribution < 1.29 is 23.6 Å². The fraction of sp³-hybridized carbons (Fsp3) is 0.600. The lowest BCUT2D eigenvalue weighted by Crippen LogP contribution is -2.50. The smallest absolute Gasteiger partial charge is 0.378 e. The van der Waals surface area contributed by atoms with Gasteiger partial charge in [0.05, 0.1) is 12.3 Å². The second-order valence-corrected chi connectivity index (χ2v) is 9.85. The predicted octanol–water partition coefficient (Wildman–Crippen LogP) is 2.10. The molecule has 4 heterocycles. The summed E-state index contributed by atoms with van der Waals surface area (Å²) < 4.78 is 16.3. The number of amides is 1. The molecule has 35 heavy (non-hydrogen) atoms. The Kier molecular flexibility index (Phi) is 6.64. The molecule has 1 aliphatic carbocycles. The molecular weight excluding hydrogens is 450 g/mol. The first-order valence-corrected chi connectivity index (χ1v) is 12.5. The monoisotopic (exact) mass is 483 g/mol. The van der Waals surface area contributed by atoms with Crippen molar-refractivity contribution in [3.05, 3.63) is 35.3 Å². The van der Waals surface area contributed by atoms with Gasteiger partial charge in [0, 0.05) is 50.4 Å². The topological polar surface area (TPSA) is 124 Å². The van der Waals surface area contributed by atoms with Gasteiger partial charge >= 0.3 is 5.97 Å². The van der Waals surface area contributed by atoms with E-state index in [0.29, 0.717) is 24.5 Å². The number of hydrogen-bond donors (Lipinski definition) is 1. The number of fused-ring (bicyclic) bond motifs is 1. The molecule has 2 aliphatic heterocycles. The highest BCUT2D eigenvalue weighted by atomic mass is 16.6. The maximum atomic E-state index is 12.5. The number of esters is 1. The van der Waals surface area contributed by atoms with Crippen molar-refractivity contribution in [3.63, 3.8) is 0 Å². The molecule has 0 spiro atoms. The third-order valence-corrected chi connectivity index (χ3v) is 7.60. The highest BCUT2D eigenvalue weighted by Crippen LogP contribution is 2.37. The highest BCUT2D eigenvalue weighted by molar-refractivity contribution is 5.91. The van der Waals surface area contributed by atoms with Crippen LogP contribution in [0.3, 0.4) is 0 Å². The molecule has 0 unspecified atom stereocenters. The molecule has 5 rings (SSSR count). The zero-order chi connectivity index (χ0) is 24.4. The van der Waals surface area contributed by atoms with Crippen molar-refractivity contribution >= 4 is 17.7 Å². The number of ether oxygens (including phenoxy) is 2. The lowest BCUT2D eigenvalue weighted by Gasteiger charge is -2.39. The van der Waals surface area contributed by atoms with Gasteiger partial charge in [-0.1, -0.05) is 5.16 Å². The van der Waals surface area contributed by atoms with E-state index in [1.807, 2.05) is 12.3 Å². The molecule has 10 heteroatoms. The second-order valence-electron chi connectivity index (χ2n) is 9.85. The fourth-order valence-electron chi connectivity index (χ4n) is 5.44. The summed E-state index contributed by atoms with van der Waals surface area (Å²) in [4.78, 5) is 34.2. The summed E-state index contributed by atoms with van der Waals surface area (Å²) in [6, 6.07) is 3.45.